The molecular formula is C19H27NO3S. The first-order valence-corrected chi connectivity index (χ1v) is 9.75. The molecule has 1 aromatic heterocycles. The number of fused-ring (bicyclic) bond motifs is 3. The Hall–Kier alpha value is -1.36. The normalized spacial score (nSPS) is 29.4. The van der Waals surface area contributed by atoms with Gasteiger partial charge in [-0.25, -0.2) is 0 Å². The number of hydrogen-bond acceptors (Lipinski definition) is 3. The number of thiophene rings is 1. The minimum Gasteiger partial charge on any atom is -0.481 e. The second-order valence-electron chi connectivity index (χ2n) is 8.20. The van der Waals surface area contributed by atoms with Gasteiger partial charge in [0.2, 0.25) is 5.91 Å². The van der Waals surface area contributed by atoms with Crippen molar-refractivity contribution in [3.05, 3.63) is 22.4 Å². The zero-order valence-electron chi connectivity index (χ0n) is 14.5. The van der Waals surface area contributed by atoms with Gasteiger partial charge in [-0.15, -0.1) is 11.3 Å². The fraction of sp³-hybridized carbons (Fsp3) is 0.684. The monoisotopic (exact) mass is 349 g/mol. The van der Waals surface area contributed by atoms with Crippen LogP contribution in [0, 0.1) is 17.3 Å². The maximum atomic E-state index is 12.5. The van der Waals surface area contributed by atoms with Gasteiger partial charge in [-0.3, -0.25) is 9.59 Å². The molecule has 0 spiro atoms. The maximum absolute atomic E-state index is 12.5. The van der Waals surface area contributed by atoms with E-state index < -0.39 is 11.4 Å². The molecule has 1 amide bonds. The third-order valence-corrected chi connectivity index (χ3v) is 7.33. The number of carbonyl (C=O) groups is 2. The van der Waals surface area contributed by atoms with Gasteiger partial charge in [0.05, 0.1) is 5.41 Å². The molecule has 132 valence electrons. The summed E-state index contributed by atoms with van der Waals surface area (Å²) >= 11 is 1.66. The van der Waals surface area contributed by atoms with Crippen molar-refractivity contribution in [1.82, 2.24) is 5.32 Å². The van der Waals surface area contributed by atoms with Crippen LogP contribution in [0.3, 0.4) is 0 Å². The van der Waals surface area contributed by atoms with E-state index in [1.54, 1.807) is 11.3 Å². The molecule has 1 aromatic rings. The minimum atomic E-state index is -0.746. The Morgan fingerprint density at radius 2 is 2.04 bits per heavy atom. The number of amides is 1. The van der Waals surface area contributed by atoms with E-state index in [0.717, 1.165) is 32.1 Å². The van der Waals surface area contributed by atoms with Gasteiger partial charge in [-0.1, -0.05) is 32.8 Å². The van der Waals surface area contributed by atoms with E-state index >= 15 is 0 Å². The van der Waals surface area contributed by atoms with Gasteiger partial charge in [0.15, 0.2) is 0 Å². The Morgan fingerprint density at radius 3 is 2.54 bits per heavy atom. The molecular weight excluding hydrogens is 322 g/mol. The molecule has 3 saturated carbocycles. The van der Waals surface area contributed by atoms with Crippen LogP contribution in [0.25, 0.3) is 0 Å². The van der Waals surface area contributed by atoms with Gasteiger partial charge in [-0.2, -0.15) is 0 Å². The topological polar surface area (TPSA) is 66.4 Å². The Kier molecular flexibility index (Phi) is 4.73. The molecule has 4 rings (SSSR count). The van der Waals surface area contributed by atoms with Gasteiger partial charge in [0.25, 0.3) is 0 Å². The van der Waals surface area contributed by atoms with Crippen molar-refractivity contribution in [1.29, 1.82) is 0 Å². The fourth-order valence-corrected chi connectivity index (χ4v) is 5.48. The average molecular weight is 349 g/mol. The van der Waals surface area contributed by atoms with E-state index in [2.05, 4.69) is 25.2 Å². The largest absolute Gasteiger partial charge is 0.481 e. The highest BCUT2D eigenvalue weighted by Crippen LogP contribution is 2.52. The Morgan fingerprint density at radius 1 is 1.33 bits per heavy atom. The molecule has 3 fully saturated rings. The zero-order chi connectivity index (χ0) is 17.4. The quantitative estimate of drug-likeness (QED) is 0.820. The third-order valence-electron chi connectivity index (χ3n) is 6.10. The van der Waals surface area contributed by atoms with E-state index in [9.17, 15) is 14.7 Å². The van der Waals surface area contributed by atoms with Gasteiger partial charge >= 0.3 is 5.97 Å². The van der Waals surface area contributed by atoms with Gasteiger partial charge in [0, 0.05) is 23.3 Å². The molecule has 1 atom stereocenters. The number of carboxylic acids is 1. The summed E-state index contributed by atoms with van der Waals surface area (Å²) < 4.78 is 0. The first-order valence-electron chi connectivity index (χ1n) is 8.87. The molecule has 0 radical (unpaired) electrons. The summed E-state index contributed by atoms with van der Waals surface area (Å²) in [5.74, 6) is -0.0404. The van der Waals surface area contributed by atoms with Crippen molar-refractivity contribution in [2.75, 3.05) is 6.54 Å². The summed E-state index contributed by atoms with van der Waals surface area (Å²) in [5, 5.41) is 14.8. The van der Waals surface area contributed by atoms with Crippen LogP contribution in [-0.4, -0.2) is 23.5 Å². The molecule has 1 unspecified atom stereocenters. The lowest BCUT2D eigenvalue weighted by molar-refractivity contribution is -0.160. The third kappa shape index (κ3) is 3.23. The van der Waals surface area contributed by atoms with Crippen LogP contribution in [0.15, 0.2) is 17.5 Å². The standard InChI is InChI=1S/C19H27NO3S/c1-18(2,15-4-3-9-24-15)11-16(21)20-12-19(17(22)23)10-13-5-7-14(19)8-6-13/h3-4,9,13-14H,5-8,10-12H2,1-2H3,(H,20,21)(H,22,23). The SMILES string of the molecule is CC(C)(CC(=O)NCC1(C(=O)O)CC2CCC1CC2)c1cccs1. The van der Waals surface area contributed by atoms with Crippen molar-refractivity contribution < 1.29 is 14.7 Å². The molecule has 0 aromatic carbocycles. The van der Waals surface area contributed by atoms with Gasteiger partial charge in [-0.05, 0) is 42.5 Å². The van der Waals surface area contributed by atoms with Crippen molar-refractivity contribution in [3.63, 3.8) is 0 Å². The first-order chi connectivity index (χ1) is 11.3. The highest BCUT2D eigenvalue weighted by Gasteiger charge is 2.52. The molecule has 24 heavy (non-hydrogen) atoms. The molecule has 5 heteroatoms. The Balaban J connectivity index is 1.63. The second-order valence-corrected chi connectivity index (χ2v) is 9.15. The number of carbonyl (C=O) groups excluding carboxylic acids is 1. The summed E-state index contributed by atoms with van der Waals surface area (Å²) in [5.41, 5.74) is -0.968. The summed E-state index contributed by atoms with van der Waals surface area (Å²) in [4.78, 5) is 25.7. The molecule has 4 nitrogen and oxygen atoms in total. The minimum absolute atomic E-state index is 0.0459. The van der Waals surface area contributed by atoms with E-state index in [0.29, 0.717) is 12.3 Å². The van der Waals surface area contributed by atoms with Crippen molar-refractivity contribution >= 4 is 23.2 Å². The molecule has 3 aliphatic carbocycles. The van der Waals surface area contributed by atoms with E-state index in [1.807, 2.05) is 11.4 Å². The van der Waals surface area contributed by atoms with E-state index in [1.165, 1.54) is 4.88 Å². The van der Waals surface area contributed by atoms with Crippen LogP contribution in [0.1, 0.15) is 57.2 Å². The van der Waals surface area contributed by atoms with Crippen LogP contribution < -0.4 is 5.32 Å². The predicted octanol–water partition coefficient (Wildman–Crippen LogP) is 3.81. The summed E-state index contributed by atoms with van der Waals surface area (Å²) in [7, 11) is 0. The molecule has 3 aliphatic rings. The number of hydrogen-bond donors (Lipinski definition) is 2. The lowest BCUT2D eigenvalue weighted by atomic mass is 9.56. The second kappa shape index (κ2) is 6.51. The van der Waals surface area contributed by atoms with Crippen molar-refractivity contribution in [2.45, 2.75) is 57.8 Å². The number of aliphatic carboxylic acids is 1. The van der Waals surface area contributed by atoms with Crippen LogP contribution in [0.4, 0.5) is 0 Å². The summed E-state index contributed by atoms with van der Waals surface area (Å²) in [6.07, 6.45) is 5.40. The zero-order valence-corrected chi connectivity index (χ0v) is 15.3. The Labute approximate surface area is 147 Å². The predicted molar refractivity (Wildman–Crippen MR) is 95.1 cm³/mol. The highest BCUT2D eigenvalue weighted by atomic mass is 32.1. The maximum Gasteiger partial charge on any atom is 0.311 e. The number of nitrogens with one attached hydrogen (secondary N) is 1. The van der Waals surface area contributed by atoms with Gasteiger partial charge in [0.1, 0.15) is 0 Å². The fourth-order valence-electron chi connectivity index (χ4n) is 4.63. The smallest absolute Gasteiger partial charge is 0.311 e. The molecule has 2 bridgehead atoms. The Bertz CT molecular complexity index is 602. The van der Waals surface area contributed by atoms with Gasteiger partial charge < -0.3 is 10.4 Å². The number of carboxylic acid groups (broad SMARTS) is 1. The lowest BCUT2D eigenvalue weighted by Gasteiger charge is -2.49. The number of rotatable bonds is 6. The summed E-state index contributed by atoms with van der Waals surface area (Å²) in [6, 6.07) is 4.05. The average Bonchev–Trinajstić information content (AvgIpc) is 3.09. The van der Waals surface area contributed by atoms with Crippen LogP contribution in [-0.2, 0) is 15.0 Å². The first kappa shape index (κ1) is 17.5. The lowest BCUT2D eigenvalue weighted by Crippen LogP contribution is -2.53. The molecule has 2 N–H and O–H groups in total. The van der Waals surface area contributed by atoms with Crippen LogP contribution in [0.5, 0.6) is 0 Å². The van der Waals surface area contributed by atoms with Crippen molar-refractivity contribution in [3.8, 4) is 0 Å². The van der Waals surface area contributed by atoms with Crippen LogP contribution in [0.2, 0.25) is 0 Å². The van der Waals surface area contributed by atoms with E-state index in [-0.39, 0.29) is 23.8 Å². The van der Waals surface area contributed by atoms with Crippen LogP contribution >= 0.6 is 11.3 Å². The molecule has 0 aliphatic heterocycles. The summed E-state index contributed by atoms with van der Waals surface area (Å²) in [6.45, 7) is 4.41. The van der Waals surface area contributed by atoms with Crippen molar-refractivity contribution in [2.24, 2.45) is 17.3 Å². The molecule has 1 heterocycles. The van der Waals surface area contributed by atoms with E-state index in [4.69, 9.17) is 0 Å². The highest BCUT2D eigenvalue weighted by molar-refractivity contribution is 7.10. The molecule has 0 saturated heterocycles.